The second-order valence-corrected chi connectivity index (χ2v) is 5.86. The number of methoxy groups -OCH3 is 2. The molecule has 0 aliphatic rings. The third-order valence-corrected chi connectivity index (χ3v) is 4.23. The molecule has 25 heavy (non-hydrogen) atoms. The Kier molecular flexibility index (Phi) is 4.57. The topological polar surface area (TPSA) is 70.3 Å². The van der Waals surface area contributed by atoms with Crippen LogP contribution in [0.4, 0.5) is 5.95 Å². The molecule has 128 valence electrons. The van der Waals surface area contributed by atoms with Gasteiger partial charge < -0.3 is 15.2 Å². The van der Waals surface area contributed by atoms with E-state index in [2.05, 4.69) is 35.9 Å². The van der Waals surface area contributed by atoms with Crippen LogP contribution in [-0.4, -0.2) is 24.2 Å². The van der Waals surface area contributed by atoms with Crippen LogP contribution in [0.1, 0.15) is 11.1 Å². The van der Waals surface area contributed by atoms with Crippen LogP contribution in [-0.2, 0) is 0 Å². The van der Waals surface area contributed by atoms with Crippen molar-refractivity contribution < 1.29 is 9.47 Å². The monoisotopic (exact) mass is 335 g/mol. The average molecular weight is 335 g/mol. The predicted octanol–water partition coefficient (Wildman–Crippen LogP) is 4.03. The SMILES string of the molecule is COc1ccc(OC)c(-c2cc(-c3ccc(C)c(C)c3)nc(N)n2)c1. The molecule has 0 fully saturated rings. The largest absolute Gasteiger partial charge is 0.497 e. The van der Waals surface area contributed by atoms with Crippen molar-refractivity contribution in [3.63, 3.8) is 0 Å². The minimum absolute atomic E-state index is 0.218. The first kappa shape index (κ1) is 16.8. The average Bonchev–Trinajstić information content (AvgIpc) is 2.62. The predicted molar refractivity (Wildman–Crippen MR) is 99.9 cm³/mol. The van der Waals surface area contributed by atoms with Gasteiger partial charge in [-0.15, -0.1) is 0 Å². The lowest BCUT2D eigenvalue weighted by Gasteiger charge is -2.12. The van der Waals surface area contributed by atoms with E-state index in [9.17, 15) is 0 Å². The first-order valence-electron chi connectivity index (χ1n) is 7.96. The second-order valence-electron chi connectivity index (χ2n) is 5.86. The Balaban J connectivity index is 2.16. The van der Waals surface area contributed by atoms with Crippen LogP contribution in [0.25, 0.3) is 22.5 Å². The molecule has 3 rings (SSSR count). The quantitative estimate of drug-likeness (QED) is 0.779. The van der Waals surface area contributed by atoms with Crippen LogP contribution < -0.4 is 15.2 Å². The van der Waals surface area contributed by atoms with E-state index >= 15 is 0 Å². The fraction of sp³-hybridized carbons (Fsp3) is 0.200. The molecule has 0 aliphatic heterocycles. The standard InChI is InChI=1S/C20H21N3O2/c1-12-5-6-14(9-13(12)2)17-11-18(23-20(21)22-17)16-10-15(24-3)7-8-19(16)25-4/h5-11H,1-4H3,(H2,21,22,23). The van der Waals surface area contributed by atoms with E-state index in [0.717, 1.165) is 22.6 Å². The van der Waals surface area contributed by atoms with Gasteiger partial charge in [0, 0.05) is 11.1 Å². The summed E-state index contributed by atoms with van der Waals surface area (Å²) in [5, 5.41) is 0. The number of benzene rings is 2. The summed E-state index contributed by atoms with van der Waals surface area (Å²) in [6.07, 6.45) is 0. The van der Waals surface area contributed by atoms with Crippen LogP contribution in [0, 0.1) is 13.8 Å². The molecular weight excluding hydrogens is 314 g/mol. The molecule has 0 saturated heterocycles. The van der Waals surface area contributed by atoms with E-state index in [1.165, 1.54) is 11.1 Å². The van der Waals surface area contributed by atoms with Gasteiger partial charge in [0.2, 0.25) is 5.95 Å². The molecule has 5 nitrogen and oxygen atoms in total. The fourth-order valence-electron chi connectivity index (χ4n) is 2.67. The molecule has 2 aromatic carbocycles. The van der Waals surface area contributed by atoms with Gasteiger partial charge in [-0.25, -0.2) is 9.97 Å². The number of aromatic nitrogens is 2. The number of ether oxygens (including phenoxy) is 2. The summed E-state index contributed by atoms with van der Waals surface area (Å²) in [6.45, 7) is 4.16. The van der Waals surface area contributed by atoms with E-state index in [1.807, 2.05) is 30.3 Å². The number of nitrogens with zero attached hydrogens (tertiary/aromatic N) is 2. The molecule has 0 aliphatic carbocycles. The number of rotatable bonds is 4. The summed E-state index contributed by atoms with van der Waals surface area (Å²) in [6, 6.07) is 13.7. The number of nitrogen functional groups attached to an aromatic ring is 1. The van der Waals surface area contributed by atoms with Gasteiger partial charge in [-0.05, 0) is 55.3 Å². The highest BCUT2D eigenvalue weighted by molar-refractivity contribution is 5.74. The van der Waals surface area contributed by atoms with Crippen molar-refractivity contribution in [2.24, 2.45) is 0 Å². The van der Waals surface area contributed by atoms with Gasteiger partial charge in [-0.1, -0.05) is 12.1 Å². The Morgan fingerprint density at radius 2 is 1.56 bits per heavy atom. The van der Waals surface area contributed by atoms with Gasteiger partial charge in [0.15, 0.2) is 0 Å². The Bertz CT molecular complexity index is 923. The maximum absolute atomic E-state index is 5.97. The molecule has 2 N–H and O–H groups in total. The summed E-state index contributed by atoms with van der Waals surface area (Å²) >= 11 is 0. The summed E-state index contributed by atoms with van der Waals surface area (Å²) in [7, 11) is 3.25. The van der Waals surface area contributed by atoms with Crippen molar-refractivity contribution in [3.8, 4) is 34.0 Å². The van der Waals surface area contributed by atoms with Gasteiger partial charge in [0.25, 0.3) is 0 Å². The fourth-order valence-corrected chi connectivity index (χ4v) is 2.67. The zero-order chi connectivity index (χ0) is 18.0. The third-order valence-electron chi connectivity index (χ3n) is 4.23. The van der Waals surface area contributed by atoms with Gasteiger partial charge in [0.05, 0.1) is 25.6 Å². The van der Waals surface area contributed by atoms with Crippen LogP contribution in [0.3, 0.4) is 0 Å². The Morgan fingerprint density at radius 1 is 0.800 bits per heavy atom. The van der Waals surface area contributed by atoms with Crippen molar-refractivity contribution in [2.45, 2.75) is 13.8 Å². The number of hydrogen-bond acceptors (Lipinski definition) is 5. The first-order valence-corrected chi connectivity index (χ1v) is 7.96. The number of aryl methyl sites for hydroxylation is 2. The Morgan fingerprint density at radius 3 is 2.24 bits per heavy atom. The van der Waals surface area contributed by atoms with Gasteiger partial charge in [0.1, 0.15) is 11.5 Å². The molecule has 1 aromatic heterocycles. The van der Waals surface area contributed by atoms with Crippen molar-refractivity contribution >= 4 is 5.95 Å². The smallest absolute Gasteiger partial charge is 0.221 e. The molecule has 0 bridgehead atoms. The molecule has 5 heteroatoms. The molecular formula is C20H21N3O2. The minimum atomic E-state index is 0.218. The lowest BCUT2D eigenvalue weighted by molar-refractivity contribution is 0.404. The van der Waals surface area contributed by atoms with Gasteiger partial charge in [-0.3, -0.25) is 0 Å². The van der Waals surface area contributed by atoms with E-state index in [0.29, 0.717) is 11.4 Å². The van der Waals surface area contributed by atoms with Crippen molar-refractivity contribution in [1.82, 2.24) is 9.97 Å². The molecule has 0 saturated carbocycles. The van der Waals surface area contributed by atoms with E-state index in [-0.39, 0.29) is 5.95 Å². The van der Waals surface area contributed by atoms with Gasteiger partial charge >= 0.3 is 0 Å². The maximum atomic E-state index is 5.97. The third kappa shape index (κ3) is 3.40. The number of anilines is 1. The molecule has 0 spiro atoms. The molecule has 0 unspecified atom stereocenters. The number of hydrogen-bond donors (Lipinski definition) is 1. The maximum Gasteiger partial charge on any atom is 0.221 e. The lowest BCUT2D eigenvalue weighted by Crippen LogP contribution is -2.00. The van der Waals surface area contributed by atoms with Crippen molar-refractivity contribution in [3.05, 3.63) is 53.6 Å². The molecule has 0 atom stereocenters. The zero-order valence-electron chi connectivity index (χ0n) is 14.8. The van der Waals surface area contributed by atoms with Crippen LogP contribution >= 0.6 is 0 Å². The molecule has 0 amide bonds. The summed E-state index contributed by atoms with van der Waals surface area (Å²) in [4.78, 5) is 8.78. The highest BCUT2D eigenvalue weighted by Crippen LogP contribution is 2.34. The highest BCUT2D eigenvalue weighted by atomic mass is 16.5. The second kappa shape index (κ2) is 6.81. The van der Waals surface area contributed by atoms with Crippen molar-refractivity contribution in [2.75, 3.05) is 20.0 Å². The van der Waals surface area contributed by atoms with Crippen LogP contribution in [0.15, 0.2) is 42.5 Å². The molecule has 3 aromatic rings. The number of nitrogens with two attached hydrogens (primary N) is 1. The lowest BCUT2D eigenvalue weighted by atomic mass is 10.0. The van der Waals surface area contributed by atoms with Crippen LogP contribution in [0.2, 0.25) is 0 Å². The normalized spacial score (nSPS) is 10.6. The Labute approximate surface area is 147 Å². The summed E-state index contributed by atoms with van der Waals surface area (Å²) in [5.41, 5.74) is 11.7. The Hall–Kier alpha value is -3.08. The first-order chi connectivity index (χ1) is 12.0. The van der Waals surface area contributed by atoms with Crippen LogP contribution in [0.5, 0.6) is 11.5 Å². The summed E-state index contributed by atoms with van der Waals surface area (Å²) < 4.78 is 10.8. The molecule has 0 radical (unpaired) electrons. The highest BCUT2D eigenvalue weighted by Gasteiger charge is 2.13. The molecule has 1 heterocycles. The van der Waals surface area contributed by atoms with Crippen molar-refractivity contribution in [1.29, 1.82) is 0 Å². The minimum Gasteiger partial charge on any atom is -0.497 e. The van der Waals surface area contributed by atoms with E-state index in [4.69, 9.17) is 15.2 Å². The van der Waals surface area contributed by atoms with E-state index in [1.54, 1.807) is 14.2 Å². The van der Waals surface area contributed by atoms with Gasteiger partial charge in [-0.2, -0.15) is 0 Å². The summed E-state index contributed by atoms with van der Waals surface area (Å²) in [5.74, 6) is 1.64. The zero-order valence-corrected chi connectivity index (χ0v) is 14.8. The van der Waals surface area contributed by atoms with E-state index < -0.39 is 0 Å².